The van der Waals surface area contributed by atoms with Crippen LogP contribution >= 0.6 is 0 Å². The Hall–Kier alpha value is -1.88. The topological polar surface area (TPSA) is 58.6 Å². The molecule has 1 heterocycles. The largest absolute Gasteiger partial charge is 0.377 e. The zero-order valence-corrected chi connectivity index (χ0v) is 14.6. The van der Waals surface area contributed by atoms with Crippen molar-refractivity contribution in [3.63, 3.8) is 0 Å². The van der Waals surface area contributed by atoms with E-state index in [1.165, 1.54) is 10.5 Å². The summed E-state index contributed by atoms with van der Waals surface area (Å²) in [5.74, 6) is 0.197. The van der Waals surface area contributed by atoms with Crippen molar-refractivity contribution >= 4 is 11.9 Å². The molecule has 1 atom stereocenters. The van der Waals surface area contributed by atoms with Crippen LogP contribution in [0.15, 0.2) is 24.3 Å². The van der Waals surface area contributed by atoms with Crippen LogP contribution in [-0.4, -0.2) is 36.1 Å². The van der Waals surface area contributed by atoms with E-state index in [1.807, 2.05) is 38.1 Å². The van der Waals surface area contributed by atoms with E-state index in [4.69, 9.17) is 4.74 Å². The molecule has 0 unspecified atom stereocenters. The van der Waals surface area contributed by atoms with Gasteiger partial charge in [-0.05, 0) is 37.8 Å². The predicted octanol–water partition coefficient (Wildman–Crippen LogP) is 3.00. The molecule has 126 valence electrons. The molecule has 2 rings (SSSR count). The van der Waals surface area contributed by atoms with E-state index < -0.39 is 5.54 Å². The molecule has 0 bridgehead atoms. The molecule has 23 heavy (non-hydrogen) atoms. The Balaban J connectivity index is 2.15. The minimum absolute atomic E-state index is 0.0747. The van der Waals surface area contributed by atoms with Crippen molar-refractivity contribution in [2.45, 2.75) is 52.2 Å². The number of carbonyl (C=O) groups is 2. The van der Waals surface area contributed by atoms with Gasteiger partial charge in [0.15, 0.2) is 0 Å². The lowest BCUT2D eigenvalue weighted by atomic mass is 9.90. The maximum absolute atomic E-state index is 12.7. The minimum atomic E-state index is -1.01. The number of carbonyl (C=O) groups excluding carboxylic acids is 2. The maximum Gasteiger partial charge on any atom is 0.325 e. The molecule has 0 spiro atoms. The van der Waals surface area contributed by atoms with Gasteiger partial charge in [-0.25, -0.2) is 4.79 Å². The smallest absolute Gasteiger partial charge is 0.325 e. The highest BCUT2D eigenvalue weighted by molar-refractivity contribution is 6.07. The van der Waals surface area contributed by atoms with Gasteiger partial charge >= 0.3 is 6.03 Å². The fourth-order valence-corrected chi connectivity index (χ4v) is 2.68. The van der Waals surface area contributed by atoms with E-state index in [0.717, 1.165) is 5.56 Å². The first-order valence-corrected chi connectivity index (χ1v) is 8.12. The predicted molar refractivity (Wildman–Crippen MR) is 89.2 cm³/mol. The summed E-state index contributed by atoms with van der Waals surface area (Å²) in [5, 5.41) is 2.82. The zero-order valence-electron chi connectivity index (χ0n) is 14.6. The fourth-order valence-electron chi connectivity index (χ4n) is 2.68. The van der Waals surface area contributed by atoms with Gasteiger partial charge in [0.05, 0.1) is 19.3 Å². The third-order valence-corrected chi connectivity index (χ3v) is 4.20. The van der Waals surface area contributed by atoms with Crippen LogP contribution in [0.5, 0.6) is 0 Å². The number of benzene rings is 1. The first-order chi connectivity index (χ1) is 10.8. The van der Waals surface area contributed by atoms with Crippen LogP contribution < -0.4 is 5.32 Å². The van der Waals surface area contributed by atoms with Crippen LogP contribution in [0.4, 0.5) is 4.79 Å². The number of urea groups is 1. The van der Waals surface area contributed by atoms with Gasteiger partial charge in [-0.15, -0.1) is 0 Å². The summed E-state index contributed by atoms with van der Waals surface area (Å²) in [4.78, 5) is 26.1. The van der Waals surface area contributed by atoms with Gasteiger partial charge in [-0.3, -0.25) is 9.69 Å². The van der Waals surface area contributed by atoms with Crippen molar-refractivity contribution in [2.75, 3.05) is 13.2 Å². The molecule has 1 fully saturated rings. The summed E-state index contributed by atoms with van der Waals surface area (Å²) in [6.45, 7) is 10.5. The molecule has 1 aromatic carbocycles. The highest BCUT2D eigenvalue weighted by atomic mass is 16.5. The molecule has 0 aliphatic carbocycles. The number of ether oxygens (including phenoxy) is 1. The Kier molecular flexibility index (Phi) is 5.09. The van der Waals surface area contributed by atoms with E-state index in [-0.39, 0.29) is 24.6 Å². The van der Waals surface area contributed by atoms with Crippen LogP contribution in [0.1, 0.15) is 51.7 Å². The molecule has 0 saturated carbocycles. The first kappa shape index (κ1) is 17.5. The lowest BCUT2D eigenvalue weighted by Crippen LogP contribution is -2.41. The second kappa shape index (κ2) is 6.71. The van der Waals surface area contributed by atoms with Crippen LogP contribution in [0.25, 0.3) is 0 Å². The third-order valence-electron chi connectivity index (χ3n) is 4.20. The second-order valence-electron chi connectivity index (χ2n) is 6.71. The van der Waals surface area contributed by atoms with Gasteiger partial charge in [-0.1, -0.05) is 38.1 Å². The number of hydrogen-bond acceptors (Lipinski definition) is 3. The average Bonchev–Trinajstić information content (AvgIpc) is 2.71. The van der Waals surface area contributed by atoms with E-state index in [9.17, 15) is 9.59 Å². The molecule has 1 aliphatic heterocycles. The highest BCUT2D eigenvalue weighted by Crippen LogP contribution is 2.29. The SMILES string of the molecule is CC(C)OCCN1C(=O)N[C@](C)(c2ccc(C(C)C)cc2)C1=O. The normalized spacial score (nSPS) is 21.4. The Bertz CT molecular complexity index is 580. The van der Waals surface area contributed by atoms with Gasteiger partial charge in [0.1, 0.15) is 5.54 Å². The number of hydrogen-bond donors (Lipinski definition) is 1. The van der Waals surface area contributed by atoms with Crippen molar-refractivity contribution < 1.29 is 14.3 Å². The van der Waals surface area contributed by atoms with Crippen LogP contribution in [0, 0.1) is 0 Å². The van der Waals surface area contributed by atoms with Crippen molar-refractivity contribution in [3.05, 3.63) is 35.4 Å². The quantitative estimate of drug-likeness (QED) is 0.820. The lowest BCUT2D eigenvalue weighted by Gasteiger charge is -2.23. The third kappa shape index (κ3) is 3.55. The zero-order chi connectivity index (χ0) is 17.2. The van der Waals surface area contributed by atoms with Crippen molar-refractivity contribution in [2.24, 2.45) is 0 Å². The summed E-state index contributed by atoms with van der Waals surface area (Å²) in [7, 11) is 0. The Morgan fingerprint density at radius 2 is 1.74 bits per heavy atom. The molecular formula is C18H26N2O3. The summed E-state index contributed by atoms with van der Waals surface area (Å²) >= 11 is 0. The molecule has 0 radical (unpaired) electrons. The number of imide groups is 1. The summed E-state index contributed by atoms with van der Waals surface area (Å²) in [5.41, 5.74) is 0.994. The number of nitrogens with one attached hydrogen (secondary N) is 1. The number of rotatable bonds is 6. The number of nitrogens with zero attached hydrogens (tertiary/aromatic N) is 1. The molecule has 1 aliphatic rings. The van der Waals surface area contributed by atoms with Crippen molar-refractivity contribution in [1.82, 2.24) is 10.2 Å². The molecule has 1 N–H and O–H groups in total. The van der Waals surface area contributed by atoms with Gasteiger partial charge in [0.25, 0.3) is 5.91 Å². The molecule has 5 nitrogen and oxygen atoms in total. The summed E-state index contributed by atoms with van der Waals surface area (Å²) in [6, 6.07) is 7.49. The molecule has 1 saturated heterocycles. The van der Waals surface area contributed by atoms with E-state index in [0.29, 0.717) is 12.5 Å². The van der Waals surface area contributed by atoms with Gasteiger partial charge in [-0.2, -0.15) is 0 Å². The molecule has 1 aromatic rings. The Labute approximate surface area is 138 Å². The standard InChI is InChI=1S/C18H26N2O3/c1-12(2)14-6-8-15(9-7-14)18(5)16(21)20(17(22)19-18)10-11-23-13(3)4/h6-9,12-13H,10-11H2,1-5H3,(H,19,22)/t18-/m1/s1. The Morgan fingerprint density at radius 1 is 1.13 bits per heavy atom. The van der Waals surface area contributed by atoms with E-state index >= 15 is 0 Å². The van der Waals surface area contributed by atoms with Crippen LogP contribution in [0.3, 0.4) is 0 Å². The first-order valence-electron chi connectivity index (χ1n) is 8.12. The van der Waals surface area contributed by atoms with Crippen LogP contribution in [0.2, 0.25) is 0 Å². The molecule has 5 heteroatoms. The molecule has 3 amide bonds. The number of amides is 3. The summed E-state index contributed by atoms with van der Waals surface area (Å²) < 4.78 is 5.44. The molecule has 0 aromatic heterocycles. The van der Waals surface area contributed by atoms with E-state index in [1.54, 1.807) is 6.92 Å². The van der Waals surface area contributed by atoms with Crippen molar-refractivity contribution in [1.29, 1.82) is 0 Å². The van der Waals surface area contributed by atoms with Crippen molar-refractivity contribution in [3.8, 4) is 0 Å². The summed E-state index contributed by atoms with van der Waals surface area (Å²) in [6.07, 6.45) is 0.0747. The lowest BCUT2D eigenvalue weighted by molar-refractivity contribution is -0.131. The van der Waals surface area contributed by atoms with Gasteiger partial charge < -0.3 is 10.1 Å². The highest BCUT2D eigenvalue weighted by Gasteiger charge is 2.48. The van der Waals surface area contributed by atoms with Gasteiger partial charge in [0, 0.05) is 0 Å². The Morgan fingerprint density at radius 3 is 2.26 bits per heavy atom. The van der Waals surface area contributed by atoms with E-state index in [2.05, 4.69) is 19.2 Å². The average molecular weight is 318 g/mol. The fraction of sp³-hybridized carbons (Fsp3) is 0.556. The monoisotopic (exact) mass is 318 g/mol. The maximum atomic E-state index is 12.7. The second-order valence-corrected chi connectivity index (χ2v) is 6.71. The minimum Gasteiger partial charge on any atom is -0.377 e. The van der Waals surface area contributed by atoms with Crippen LogP contribution in [-0.2, 0) is 15.1 Å². The molecular weight excluding hydrogens is 292 g/mol. The van der Waals surface area contributed by atoms with Gasteiger partial charge in [0.2, 0.25) is 0 Å².